The van der Waals surface area contributed by atoms with Crippen molar-refractivity contribution in [3.05, 3.63) is 99.1 Å². The molecule has 3 rings (SSSR count). The third-order valence-electron chi connectivity index (χ3n) is 4.93. The molecule has 0 bridgehead atoms. The van der Waals surface area contributed by atoms with E-state index in [2.05, 4.69) is 0 Å². The highest BCUT2D eigenvalue weighted by Crippen LogP contribution is 2.30. The number of rotatable bonds is 4. The van der Waals surface area contributed by atoms with Crippen LogP contribution in [-0.2, 0) is 0 Å². The van der Waals surface area contributed by atoms with Crippen molar-refractivity contribution in [2.45, 2.75) is 27.7 Å². The number of aryl methyl sites for hydroxylation is 4. The fourth-order valence-electron chi connectivity index (χ4n) is 3.57. The summed E-state index contributed by atoms with van der Waals surface area (Å²) in [4.78, 5) is 26.6. The quantitative estimate of drug-likeness (QED) is 0.661. The Morgan fingerprint density at radius 1 is 0.593 bits per heavy atom. The van der Waals surface area contributed by atoms with Crippen molar-refractivity contribution in [2.24, 2.45) is 0 Å². The summed E-state index contributed by atoms with van der Waals surface area (Å²) in [7, 11) is 0. The normalized spacial score (nSPS) is 10.7. The maximum absolute atomic E-state index is 13.3. The zero-order chi connectivity index (χ0) is 19.7. The molecule has 0 aliphatic carbocycles. The van der Waals surface area contributed by atoms with Gasteiger partial charge in [-0.1, -0.05) is 48.5 Å². The number of hydrogen-bond acceptors (Lipinski definition) is 3. The van der Waals surface area contributed by atoms with Crippen LogP contribution in [0.4, 0.5) is 0 Å². The van der Waals surface area contributed by atoms with Crippen LogP contribution >= 0.6 is 0 Å². The molecular weight excluding hydrogens is 336 g/mol. The molecule has 27 heavy (non-hydrogen) atoms. The molecule has 0 aliphatic rings. The molecule has 3 aromatic rings. The maximum atomic E-state index is 13.3. The second kappa shape index (κ2) is 7.20. The summed E-state index contributed by atoms with van der Waals surface area (Å²) in [5, 5.41) is 10.5. The van der Waals surface area contributed by atoms with Crippen LogP contribution in [0.5, 0.6) is 5.75 Å². The fraction of sp³-hybridized carbons (Fsp3) is 0.167. The van der Waals surface area contributed by atoms with Crippen LogP contribution in [0.15, 0.2) is 54.6 Å². The van der Waals surface area contributed by atoms with Gasteiger partial charge >= 0.3 is 0 Å². The molecule has 0 fully saturated rings. The maximum Gasteiger partial charge on any atom is 0.198 e. The first-order chi connectivity index (χ1) is 12.8. The van der Waals surface area contributed by atoms with E-state index in [-0.39, 0.29) is 28.4 Å². The average Bonchev–Trinajstić information content (AvgIpc) is 2.61. The summed E-state index contributed by atoms with van der Waals surface area (Å²) in [6.07, 6.45) is 0. The van der Waals surface area contributed by atoms with E-state index in [1.54, 1.807) is 12.1 Å². The third kappa shape index (κ3) is 3.28. The van der Waals surface area contributed by atoms with Gasteiger partial charge in [-0.2, -0.15) is 0 Å². The fourth-order valence-corrected chi connectivity index (χ4v) is 3.57. The summed E-state index contributed by atoms with van der Waals surface area (Å²) >= 11 is 0. The lowest BCUT2D eigenvalue weighted by Gasteiger charge is -2.15. The minimum atomic E-state index is -0.335. The van der Waals surface area contributed by atoms with Gasteiger partial charge in [-0.25, -0.2) is 0 Å². The SMILES string of the molecule is Cc1cccc(C)c1C(=O)c1cccc(O)c1C(=O)c1c(C)cccc1C. The van der Waals surface area contributed by atoms with Crippen molar-refractivity contribution in [3.63, 3.8) is 0 Å². The van der Waals surface area contributed by atoms with Gasteiger partial charge in [-0.15, -0.1) is 0 Å². The molecule has 136 valence electrons. The van der Waals surface area contributed by atoms with E-state index in [1.807, 2.05) is 64.1 Å². The van der Waals surface area contributed by atoms with E-state index in [0.717, 1.165) is 22.3 Å². The Morgan fingerprint density at radius 3 is 1.48 bits per heavy atom. The molecule has 0 atom stereocenters. The van der Waals surface area contributed by atoms with Gasteiger partial charge in [0.1, 0.15) is 5.75 Å². The lowest BCUT2D eigenvalue weighted by molar-refractivity contribution is 0.0999. The molecule has 3 nitrogen and oxygen atoms in total. The van der Waals surface area contributed by atoms with Crippen LogP contribution in [0.25, 0.3) is 0 Å². The number of hydrogen-bond donors (Lipinski definition) is 1. The first kappa shape index (κ1) is 18.6. The highest BCUT2D eigenvalue weighted by molar-refractivity contribution is 6.22. The van der Waals surface area contributed by atoms with E-state index in [0.29, 0.717) is 11.1 Å². The molecule has 0 saturated carbocycles. The Morgan fingerprint density at radius 2 is 1.00 bits per heavy atom. The molecule has 0 spiro atoms. The Bertz CT molecular complexity index is 1020. The summed E-state index contributed by atoms with van der Waals surface area (Å²) < 4.78 is 0. The van der Waals surface area contributed by atoms with Crippen molar-refractivity contribution in [3.8, 4) is 5.75 Å². The first-order valence-electron chi connectivity index (χ1n) is 8.86. The minimum Gasteiger partial charge on any atom is -0.507 e. The topological polar surface area (TPSA) is 54.4 Å². The van der Waals surface area contributed by atoms with Gasteiger partial charge < -0.3 is 5.11 Å². The van der Waals surface area contributed by atoms with E-state index >= 15 is 0 Å². The van der Waals surface area contributed by atoms with Gasteiger partial charge in [-0.05, 0) is 56.0 Å². The average molecular weight is 358 g/mol. The number of carbonyl (C=O) groups is 2. The predicted octanol–water partition coefficient (Wildman–Crippen LogP) is 5.09. The number of phenolic OH excluding ortho intramolecular Hbond substituents is 1. The highest BCUT2D eigenvalue weighted by atomic mass is 16.3. The molecular formula is C24H22O3. The molecule has 3 aromatic carbocycles. The van der Waals surface area contributed by atoms with Gasteiger partial charge in [-0.3, -0.25) is 9.59 Å². The molecule has 0 aliphatic heterocycles. The molecule has 0 amide bonds. The minimum absolute atomic E-state index is 0.0579. The van der Waals surface area contributed by atoms with Crippen molar-refractivity contribution < 1.29 is 14.7 Å². The first-order valence-corrected chi connectivity index (χ1v) is 8.86. The van der Waals surface area contributed by atoms with Crippen molar-refractivity contribution in [1.82, 2.24) is 0 Å². The zero-order valence-electron chi connectivity index (χ0n) is 16.0. The lowest BCUT2D eigenvalue weighted by atomic mass is 9.87. The van der Waals surface area contributed by atoms with Crippen molar-refractivity contribution >= 4 is 11.6 Å². The summed E-state index contributed by atoms with van der Waals surface area (Å²) in [6.45, 7) is 7.45. The molecule has 3 heteroatoms. The summed E-state index contributed by atoms with van der Waals surface area (Å²) in [5.74, 6) is -0.769. The molecule has 0 heterocycles. The molecule has 0 saturated heterocycles. The summed E-state index contributed by atoms with van der Waals surface area (Å²) in [6, 6.07) is 15.9. The van der Waals surface area contributed by atoms with E-state index in [9.17, 15) is 14.7 Å². The highest BCUT2D eigenvalue weighted by Gasteiger charge is 2.26. The van der Waals surface area contributed by atoms with Crippen LogP contribution in [-0.4, -0.2) is 16.7 Å². The molecule has 0 radical (unpaired) electrons. The van der Waals surface area contributed by atoms with Gasteiger partial charge in [0.25, 0.3) is 0 Å². The van der Waals surface area contributed by atoms with Crippen molar-refractivity contribution in [2.75, 3.05) is 0 Å². The Hall–Kier alpha value is -3.20. The Balaban J connectivity index is 2.22. The lowest BCUT2D eigenvalue weighted by Crippen LogP contribution is -2.15. The molecule has 0 unspecified atom stereocenters. The van der Waals surface area contributed by atoms with Crippen molar-refractivity contribution in [1.29, 1.82) is 0 Å². The van der Waals surface area contributed by atoms with E-state index < -0.39 is 0 Å². The van der Waals surface area contributed by atoms with Gasteiger partial charge in [0.15, 0.2) is 11.6 Å². The number of carbonyl (C=O) groups excluding carboxylic acids is 2. The monoisotopic (exact) mass is 358 g/mol. The third-order valence-corrected chi connectivity index (χ3v) is 4.93. The van der Waals surface area contributed by atoms with Crippen LogP contribution in [0, 0.1) is 27.7 Å². The number of ketones is 2. The zero-order valence-corrected chi connectivity index (χ0v) is 16.0. The molecule has 1 N–H and O–H groups in total. The second-order valence-corrected chi connectivity index (χ2v) is 6.89. The van der Waals surface area contributed by atoms with Crippen LogP contribution in [0.1, 0.15) is 54.1 Å². The van der Waals surface area contributed by atoms with E-state index in [4.69, 9.17) is 0 Å². The van der Waals surface area contributed by atoms with E-state index in [1.165, 1.54) is 6.07 Å². The van der Waals surface area contributed by atoms with Crippen LogP contribution in [0.3, 0.4) is 0 Å². The molecule has 0 aromatic heterocycles. The Labute approximate surface area is 159 Å². The second-order valence-electron chi connectivity index (χ2n) is 6.89. The van der Waals surface area contributed by atoms with Gasteiger partial charge in [0, 0.05) is 16.7 Å². The number of benzene rings is 3. The summed E-state index contributed by atoms with van der Waals surface area (Å²) in [5.41, 5.74) is 4.68. The van der Waals surface area contributed by atoms with Crippen LogP contribution in [0.2, 0.25) is 0 Å². The largest absolute Gasteiger partial charge is 0.507 e. The smallest absolute Gasteiger partial charge is 0.198 e. The van der Waals surface area contributed by atoms with Crippen LogP contribution < -0.4 is 0 Å². The number of phenols is 1. The predicted molar refractivity (Wildman–Crippen MR) is 107 cm³/mol. The Kier molecular flexibility index (Phi) is 4.95. The number of aromatic hydroxyl groups is 1. The van der Waals surface area contributed by atoms with Gasteiger partial charge in [0.05, 0.1) is 5.56 Å². The standard InChI is InChI=1S/C24H22O3/c1-14-8-5-9-15(2)20(14)23(26)18-12-7-13-19(25)22(18)24(27)21-16(3)10-6-11-17(21)4/h5-13,25H,1-4H3. The van der Waals surface area contributed by atoms with Gasteiger partial charge in [0.2, 0.25) is 0 Å².